The average Bonchev–Trinajstić information content (AvgIpc) is 3.61. The lowest BCUT2D eigenvalue weighted by atomic mass is 8.81. The van der Waals surface area contributed by atoms with Crippen LogP contribution in [0.4, 0.5) is 4.39 Å². The van der Waals surface area contributed by atoms with Crippen LogP contribution >= 0.6 is 0 Å². The van der Waals surface area contributed by atoms with Gasteiger partial charge in [0.15, 0.2) is 0 Å². The molecule has 15 heteroatoms. The maximum Gasteiger partial charge on any atom is 0.278 e. The molecule has 8 radical (unpaired) electrons. The second-order valence-electron chi connectivity index (χ2n) is 9.55. The Bertz CT molecular complexity index is 1680. The van der Waals surface area contributed by atoms with Gasteiger partial charge < -0.3 is 19.0 Å². The standard InChI is InChI=1S/C25H24FN5O3.B6/c1-16-12-30(15-28-16)20-9-4-17(11-22(20)34-3)10-21-23(33)31-24(29(21)2)27-13-25(31,14-32)18-5-7-19(26)8-6-18;1-5(2)6(3)4/h4-12,15,32H,13-14H2,1-3H3;/b21-10-;. The van der Waals surface area contributed by atoms with Crippen LogP contribution in [0.25, 0.3) is 11.8 Å². The Labute approximate surface area is 237 Å². The first kappa shape index (κ1) is 29.4. The normalized spacial score (nSPS) is 16.1. The second kappa shape index (κ2) is 11.9. The lowest BCUT2D eigenvalue weighted by Crippen LogP contribution is -2.48. The third-order valence-corrected chi connectivity index (χ3v) is 6.78. The van der Waals surface area contributed by atoms with E-state index in [1.165, 1.54) is 16.7 Å². The van der Waals surface area contributed by atoms with Crippen LogP contribution in [0, 0.1) is 12.7 Å². The number of hydrogen-bond donors (Lipinski definition) is 1. The van der Waals surface area contributed by atoms with Gasteiger partial charge in [0.1, 0.15) is 22.5 Å². The molecular weight excluding hydrogens is 502 g/mol. The zero-order chi connectivity index (χ0) is 29.2. The summed E-state index contributed by atoms with van der Waals surface area (Å²) < 4.78 is 24.2. The van der Waals surface area contributed by atoms with Crippen molar-refractivity contribution in [2.24, 2.45) is 12.0 Å². The Morgan fingerprint density at radius 2 is 1.82 bits per heavy atom. The molecule has 0 amide bonds. The molecule has 0 aliphatic carbocycles. The molecule has 1 atom stereocenters. The predicted octanol–water partition coefficient (Wildman–Crippen LogP) is -1.26. The summed E-state index contributed by atoms with van der Waals surface area (Å²) in [6, 6.07) is 11.5. The number of nitrogens with zero attached hydrogens (tertiary/aromatic N) is 5. The molecule has 0 saturated heterocycles. The Morgan fingerprint density at radius 3 is 2.38 bits per heavy atom. The molecule has 40 heavy (non-hydrogen) atoms. The number of hydrogen-bond acceptors (Lipinski definition) is 5. The minimum absolute atomic E-state index is 0.195. The molecule has 4 aromatic rings. The monoisotopic (exact) mass is 527 g/mol. The van der Waals surface area contributed by atoms with Gasteiger partial charge in [0.05, 0.1) is 38.0 Å². The van der Waals surface area contributed by atoms with E-state index in [0.29, 0.717) is 22.3 Å². The van der Waals surface area contributed by atoms with Gasteiger partial charge >= 0.3 is 0 Å². The summed E-state index contributed by atoms with van der Waals surface area (Å²) in [6.07, 6.45) is 4.20. The molecule has 5 rings (SSSR count). The summed E-state index contributed by atoms with van der Waals surface area (Å²) in [5.41, 5.74) is 2.20. The first-order valence-electron chi connectivity index (χ1n) is 12.4. The lowest BCUT2D eigenvalue weighted by molar-refractivity contribution is 0.177. The fraction of sp³-hybridized carbons (Fsp3) is 0.240. The third-order valence-electron chi connectivity index (χ3n) is 6.78. The molecular formula is C25H24B6FN5O3. The van der Waals surface area contributed by atoms with E-state index in [1.54, 1.807) is 43.3 Å². The number of fused-ring (bicyclic) bond motifs is 1. The van der Waals surface area contributed by atoms with Gasteiger partial charge in [-0.05, 0) is 48.4 Å². The summed E-state index contributed by atoms with van der Waals surface area (Å²) in [6.45, 7) is 1.77. The van der Waals surface area contributed by atoms with Crippen molar-refractivity contribution in [1.82, 2.24) is 18.7 Å². The van der Waals surface area contributed by atoms with Gasteiger partial charge in [0.2, 0.25) is 5.62 Å². The van der Waals surface area contributed by atoms with Gasteiger partial charge in [-0.2, -0.15) is 0 Å². The number of aliphatic hydroxyl groups excluding tert-OH is 1. The number of aromatic nitrogens is 4. The number of aliphatic hydroxyl groups is 1. The fourth-order valence-corrected chi connectivity index (χ4v) is 4.50. The number of imidazole rings is 2. The highest BCUT2D eigenvalue weighted by atomic mass is 19.1. The van der Waals surface area contributed by atoms with Gasteiger partial charge in [0, 0.05) is 57.0 Å². The molecule has 0 spiro atoms. The summed E-state index contributed by atoms with van der Waals surface area (Å²) in [7, 11) is 23.2. The van der Waals surface area contributed by atoms with Gasteiger partial charge in [-0.15, -0.1) is 0 Å². The van der Waals surface area contributed by atoms with Gasteiger partial charge in [-0.3, -0.25) is 9.36 Å². The van der Waals surface area contributed by atoms with Crippen molar-refractivity contribution >= 4 is 49.8 Å². The molecule has 2 aromatic carbocycles. The maximum atomic E-state index is 13.6. The molecule has 8 nitrogen and oxygen atoms in total. The van der Waals surface area contributed by atoms with Crippen LogP contribution in [0.1, 0.15) is 16.8 Å². The average molecular weight is 526 g/mol. The predicted molar refractivity (Wildman–Crippen MR) is 159 cm³/mol. The van der Waals surface area contributed by atoms with Crippen LogP contribution < -0.4 is 21.3 Å². The largest absolute Gasteiger partial charge is 0.495 e. The highest BCUT2D eigenvalue weighted by Gasteiger charge is 2.40. The minimum atomic E-state index is -1.08. The number of ether oxygens (including phenoxy) is 1. The second-order valence-corrected chi connectivity index (χ2v) is 9.55. The number of methoxy groups -OCH3 is 1. The van der Waals surface area contributed by atoms with Crippen LogP contribution in [0.2, 0.25) is 0 Å². The van der Waals surface area contributed by atoms with Crippen molar-refractivity contribution in [3.63, 3.8) is 0 Å². The molecule has 0 fully saturated rings. The SMILES string of the molecule is COc1cc(/C=c2/c(=O)n3c(n2C)=NCC3(CO)c2ccc(F)cc2)ccc1-n1cnc(C)c1.[B]B([B])B([B])[B]. The highest BCUT2D eigenvalue weighted by molar-refractivity contribution is 7.76. The van der Waals surface area contributed by atoms with Crippen molar-refractivity contribution in [3.8, 4) is 11.4 Å². The van der Waals surface area contributed by atoms with Crippen LogP contribution in [0.15, 0.2) is 64.8 Å². The van der Waals surface area contributed by atoms with Crippen LogP contribution in [0.5, 0.6) is 5.75 Å². The third kappa shape index (κ3) is 5.52. The zero-order valence-electron chi connectivity index (χ0n) is 22.5. The van der Waals surface area contributed by atoms with Crippen LogP contribution in [-0.4, -0.2) is 87.8 Å². The van der Waals surface area contributed by atoms with Gasteiger partial charge in [-0.25, -0.2) is 14.4 Å². The molecule has 1 N–H and O–H groups in total. The Hall–Kier alpha value is -3.59. The Kier molecular flexibility index (Phi) is 8.73. The van der Waals surface area contributed by atoms with Crippen LogP contribution in [0.3, 0.4) is 0 Å². The van der Waals surface area contributed by atoms with Crippen molar-refractivity contribution in [2.75, 3.05) is 20.3 Å². The van der Waals surface area contributed by atoms with Crippen molar-refractivity contribution in [3.05, 3.63) is 98.9 Å². The van der Waals surface area contributed by atoms with E-state index in [1.807, 2.05) is 35.9 Å². The Morgan fingerprint density at radius 1 is 1.15 bits per heavy atom. The van der Waals surface area contributed by atoms with E-state index < -0.39 is 18.3 Å². The van der Waals surface area contributed by atoms with E-state index in [4.69, 9.17) is 35.7 Å². The Balaban J connectivity index is 0.000000557. The maximum absolute atomic E-state index is 13.6. The molecule has 0 saturated carbocycles. The summed E-state index contributed by atoms with van der Waals surface area (Å²) >= 11 is 0. The molecule has 2 aromatic heterocycles. The topological polar surface area (TPSA) is 86.6 Å². The van der Waals surface area contributed by atoms with Crippen molar-refractivity contribution in [1.29, 1.82) is 0 Å². The van der Waals surface area contributed by atoms with E-state index >= 15 is 0 Å². The van der Waals surface area contributed by atoms with E-state index in [0.717, 1.165) is 16.9 Å². The number of halogens is 1. The molecule has 1 aliphatic rings. The van der Waals surface area contributed by atoms with E-state index in [2.05, 4.69) is 9.98 Å². The number of benzene rings is 2. The fourth-order valence-electron chi connectivity index (χ4n) is 4.50. The van der Waals surface area contributed by atoms with Gasteiger partial charge in [-0.1, -0.05) is 18.2 Å². The molecule has 192 valence electrons. The summed E-state index contributed by atoms with van der Waals surface area (Å²) in [5, 5.41) is 10.8. The highest BCUT2D eigenvalue weighted by Crippen LogP contribution is 2.27. The summed E-state index contributed by atoms with van der Waals surface area (Å²) in [4.78, 5) is 22.4. The summed E-state index contributed by atoms with van der Waals surface area (Å²) in [5.74, 6) is 0.249. The van der Waals surface area contributed by atoms with Gasteiger partial charge in [0.25, 0.3) is 5.56 Å². The number of rotatable bonds is 6. The smallest absolute Gasteiger partial charge is 0.278 e. The van der Waals surface area contributed by atoms with Crippen molar-refractivity contribution in [2.45, 2.75) is 12.5 Å². The quantitative estimate of drug-likeness (QED) is 0.318. The minimum Gasteiger partial charge on any atom is -0.495 e. The lowest BCUT2D eigenvalue weighted by Gasteiger charge is -2.28. The number of aryl methyl sites for hydroxylation is 1. The van der Waals surface area contributed by atoms with Crippen molar-refractivity contribution < 1.29 is 14.2 Å². The van der Waals surface area contributed by atoms with E-state index in [9.17, 15) is 14.3 Å². The first-order valence-corrected chi connectivity index (χ1v) is 12.4. The zero-order valence-corrected chi connectivity index (χ0v) is 22.5. The molecule has 3 heterocycles. The van der Waals surface area contributed by atoms with E-state index in [-0.39, 0.29) is 24.5 Å². The molecule has 1 unspecified atom stereocenters. The van der Waals surface area contributed by atoms with Crippen LogP contribution in [-0.2, 0) is 12.6 Å². The first-order chi connectivity index (χ1) is 19.0. The molecule has 0 bridgehead atoms. The molecule has 1 aliphatic heterocycles.